The standard InChI is InChI=1S/C55H43N4S/c1-5-16-37(17-6-1)39-28-32-43(33-29-39)59(44-34-30-40(31-35-44)38-18-7-2-8-19-38)49-36-50-51(46-25-14-13-24-45(46)49)47-26-15-27-48(52(47)60-50)55-57-53(41-20-9-3-10-21-41)56-54(58-55)42-22-11-4-12-23-42/h1-36,50-51,53-57H/q-1. The minimum Gasteiger partial charge on any atom is -0.624 e. The topological polar surface area (TPSA) is 41.4 Å². The van der Waals surface area contributed by atoms with Crippen molar-refractivity contribution in [1.82, 2.24) is 10.6 Å². The summed E-state index contributed by atoms with van der Waals surface area (Å²) in [5.41, 5.74) is 15.9. The van der Waals surface area contributed by atoms with Crippen LogP contribution in [0.1, 0.15) is 57.8 Å². The fraction of sp³-hybridized carbons (Fsp3) is 0.0909. The monoisotopic (exact) mass is 791 g/mol. The first-order valence-corrected chi connectivity index (χ1v) is 21.7. The van der Waals surface area contributed by atoms with E-state index in [9.17, 15) is 0 Å². The largest absolute Gasteiger partial charge is 0.624 e. The lowest BCUT2D eigenvalue weighted by molar-refractivity contribution is 0.314. The average molecular weight is 792 g/mol. The first-order valence-electron chi connectivity index (χ1n) is 20.8. The van der Waals surface area contributed by atoms with Crippen molar-refractivity contribution < 1.29 is 0 Å². The SMILES string of the molecule is C1=C(N(c2ccc(-c3ccccc3)cc2)c2ccc(-c3ccccc3)cc2)c2ccccc2C2c3cccc(C4[N-]C(c5ccccc5)NC(c5ccccc5)N4)c3SC12. The number of anilines is 2. The first-order chi connectivity index (χ1) is 29.7. The summed E-state index contributed by atoms with van der Waals surface area (Å²) >= 11 is 1.99. The Labute approximate surface area is 356 Å². The Kier molecular flexibility index (Phi) is 9.73. The second kappa shape index (κ2) is 15.9. The molecule has 0 saturated carbocycles. The molecule has 4 nitrogen and oxygen atoms in total. The van der Waals surface area contributed by atoms with Crippen LogP contribution in [0.2, 0.25) is 0 Å². The predicted molar refractivity (Wildman–Crippen MR) is 249 cm³/mol. The number of hydrogen-bond donors (Lipinski definition) is 2. The van der Waals surface area contributed by atoms with Crippen LogP contribution in [0.4, 0.5) is 11.4 Å². The first kappa shape index (κ1) is 36.6. The highest BCUT2D eigenvalue weighted by Gasteiger charge is 2.41. The third kappa shape index (κ3) is 6.86. The van der Waals surface area contributed by atoms with Crippen LogP contribution < -0.4 is 15.5 Å². The van der Waals surface area contributed by atoms with Gasteiger partial charge >= 0.3 is 0 Å². The van der Waals surface area contributed by atoms with E-state index in [-0.39, 0.29) is 29.7 Å². The summed E-state index contributed by atoms with van der Waals surface area (Å²) < 4.78 is 0. The Morgan fingerprint density at radius 1 is 0.417 bits per heavy atom. The number of fused-ring (bicyclic) bond motifs is 5. The highest BCUT2D eigenvalue weighted by Crippen LogP contribution is 2.57. The molecule has 2 aliphatic heterocycles. The molecule has 8 aromatic rings. The lowest BCUT2D eigenvalue weighted by Crippen LogP contribution is -2.44. The van der Waals surface area contributed by atoms with E-state index >= 15 is 0 Å². The molecule has 5 unspecified atom stereocenters. The maximum absolute atomic E-state index is 5.46. The predicted octanol–water partition coefficient (Wildman–Crippen LogP) is 13.8. The minimum absolute atomic E-state index is 0.0641. The second-order valence-corrected chi connectivity index (χ2v) is 16.9. The average Bonchev–Trinajstić information content (AvgIpc) is 3.72. The molecule has 3 aliphatic rings. The van der Waals surface area contributed by atoms with Crippen molar-refractivity contribution in [2.24, 2.45) is 0 Å². The molecule has 1 fully saturated rings. The molecule has 11 rings (SSSR count). The van der Waals surface area contributed by atoms with Gasteiger partial charge in [0.2, 0.25) is 0 Å². The molecule has 0 radical (unpaired) electrons. The lowest BCUT2D eigenvalue weighted by Gasteiger charge is -2.50. The summed E-state index contributed by atoms with van der Waals surface area (Å²) in [5, 5.41) is 13.3. The van der Waals surface area contributed by atoms with Crippen molar-refractivity contribution in [3.8, 4) is 22.3 Å². The normalized spacial score (nSPS) is 20.3. The van der Waals surface area contributed by atoms with Crippen LogP contribution in [-0.2, 0) is 0 Å². The summed E-state index contributed by atoms with van der Waals surface area (Å²) in [4.78, 5) is 3.79. The van der Waals surface area contributed by atoms with Crippen LogP contribution in [0.5, 0.6) is 0 Å². The molecule has 60 heavy (non-hydrogen) atoms. The van der Waals surface area contributed by atoms with Crippen molar-refractivity contribution in [3.63, 3.8) is 0 Å². The fourth-order valence-electron chi connectivity index (χ4n) is 9.19. The number of hydrogen-bond acceptors (Lipinski definition) is 4. The second-order valence-electron chi connectivity index (χ2n) is 15.7. The molecule has 1 aliphatic carbocycles. The van der Waals surface area contributed by atoms with Crippen molar-refractivity contribution >= 4 is 28.8 Å². The third-order valence-electron chi connectivity index (χ3n) is 12.1. The summed E-state index contributed by atoms with van der Waals surface area (Å²) in [7, 11) is 0. The molecule has 0 aromatic heterocycles. The Balaban J connectivity index is 0.998. The van der Waals surface area contributed by atoms with Crippen molar-refractivity contribution in [3.05, 3.63) is 257 Å². The van der Waals surface area contributed by atoms with Gasteiger partial charge in [-0.05, 0) is 74.8 Å². The fourth-order valence-corrected chi connectivity index (χ4v) is 10.7. The molecule has 8 aromatic carbocycles. The van der Waals surface area contributed by atoms with Crippen LogP contribution in [0, 0.1) is 0 Å². The smallest absolute Gasteiger partial charge is 0.0814 e. The number of benzene rings is 8. The van der Waals surface area contributed by atoms with Gasteiger partial charge in [-0.1, -0.05) is 206 Å². The van der Waals surface area contributed by atoms with E-state index < -0.39 is 0 Å². The molecule has 2 heterocycles. The number of nitrogens with zero attached hydrogens (tertiary/aromatic N) is 2. The summed E-state index contributed by atoms with van der Waals surface area (Å²) in [6.45, 7) is 0. The number of rotatable bonds is 8. The van der Waals surface area contributed by atoms with Gasteiger partial charge in [0.1, 0.15) is 0 Å². The van der Waals surface area contributed by atoms with Crippen LogP contribution in [0.15, 0.2) is 223 Å². The van der Waals surface area contributed by atoms with Gasteiger partial charge in [0.05, 0.1) is 11.9 Å². The molecular formula is C55H43N4S-. The van der Waals surface area contributed by atoms with E-state index in [1.807, 2.05) is 11.8 Å². The van der Waals surface area contributed by atoms with E-state index in [0.717, 1.165) is 16.9 Å². The van der Waals surface area contributed by atoms with Crippen LogP contribution >= 0.6 is 11.8 Å². The van der Waals surface area contributed by atoms with Gasteiger partial charge < -0.3 is 20.9 Å². The highest BCUT2D eigenvalue weighted by molar-refractivity contribution is 8.00. The Hall–Kier alpha value is -6.47. The molecule has 5 atom stereocenters. The van der Waals surface area contributed by atoms with E-state index in [4.69, 9.17) is 5.32 Å². The van der Waals surface area contributed by atoms with Gasteiger partial charge in [-0.2, -0.15) is 0 Å². The van der Waals surface area contributed by atoms with E-state index in [1.54, 1.807) is 0 Å². The molecule has 0 bridgehead atoms. The van der Waals surface area contributed by atoms with Crippen molar-refractivity contribution in [1.29, 1.82) is 0 Å². The Morgan fingerprint density at radius 3 is 1.52 bits per heavy atom. The molecule has 0 amide bonds. The Morgan fingerprint density at radius 2 is 0.900 bits per heavy atom. The van der Waals surface area contributed by atoms with Gasteiger partial charge in [0.15, 0.2) is 0 Å². The van der Waals surface area contributed by atoms with Gasteiger partial charge in [-0.25, -0.2) is 0 Å². The Bertz CT molecular complexity index is 2640. The maximum atomic E-state index is 5.46. The molecule has 1 saturated heterocycles. The summed E-state index contributed by atoms with van der Waals surface area (Å²) in [5.74, 6) is 0.212. The van der Waals surface area contributed by atoms with Gasteiger partial charge in [0.25, 0.3) is 0 Å². The summed E-state index contributed by atoms with van der Waals surface area (Å²) in [6.07, 6.45) is 2.11. The zero-order valence-corrected chi connectivity index (χ0v) is 33.8. The van der Waals surface area contributed by atoms with E-state index in [1.165, 1.54) is 60.7 Å². The molecule has 5 heteroatoms. The molecular weight excluding hydrogens is 749 g/mol. The van der Waals surface area contributed by atoms with Crippen LogP contribution in [0.25, 0.3) is 33.3 Å². The van der Waals surface area contributed by atoms with E-state index in [2.05, 4.69) is 234 Å². The maximum Gasteiger partial charge on any atom is 0.0814 e. The zero-order valence-electron chi connectivity index (χ0n) is 33.0. The molecule has 290 valence electrons. The van der Waals surface area contributed by atoms with Crippen molar-refractivity contribution in [2.75, 3.05) is 4.90 Å². The minimum atomic E-state index is -0.203. The van der Waals surface area contributed by atoms with Gasteiger partial charge in [-0.15, -0.1) is 11.8 Å². The lowest BCUT2D eigenvalue weighted by atomic mass is 9.80. The zero-order chi connectivity index (χ0) is 39.8. The van der Waals surface area contributed by atoms with Gasteiger partial charge in [0, 0.05) is 33.0 Å². The third-order valence-corrected chi connectivity index (χ3v) is 13.5. The number of thioether (sulfide) groups is 1. The molecule has 2 N–H and O–H groups in total. The van der Waals surface area contributed by atoms with Gasteiger partial charge in [-0.3, -0.25) is 0 Å². The number of nitrogens with one attached hydrogen (secondary N) is 2. The quantitative estimate of drug-likeness (QED) is 0.161. The molecule has 0 spiro atoms. The van der Waals surface area contributed by atoms with Crippen molar-refractivity contribution in [2.45, 2.75) is 34.6 Å². The summed E-state index contributed by atoms with van der Waals surface area (Å²) in [6, 6.07) is 76.5. The highest BCUT2D eigenvalue weighted by atomic mass is 32.2. The van der Waals surface area contributed by atoms with E-state index in [0.29, 0.717) is 0 Å². The van der Waals surface area contributed by atoms with Crippen LogP contribution in [0.3, 0.4) is 0 Å². The van der Waals surface area contributed by atoms with Crippen LogP contribution in [-0.4, -0.2) is 5.25 Å².